The first kappa shape index (κ1) is 12.3. The van der Waals surface area contributed by atoms with Crippen molar-refractivity contribution in [2.75, 3.05) is 14.1 Å². The fourth-order valence-electron chi connectivity index (χ4n) is 0.979. The summed E-state index contributed by atoms with van der Waals surface area (Å²) >= 11 is 0. The second kappa shape index (κ2) is 6.76. The van der Waals surface area contributed by atoms with E-state index in [0.29, 0.717) is 0 Å². The molecule has 0 amide bonds. The number of hydrogen-bond donors (Lipinski definition) is 0. The van der Waals surface area contributed by atoms with E-state index in [0.717, 1.165) is 5.92 Å². The molecule has 0 radical (unpaired) electrons. The Labute approximate surface area is 83.1 Å². The Morgan fingerprint density at radius 2 is 1.92 bits per heavy atom. The highest BCUT2D eigenvalue weighted by molar-refractivity contribution is 5.14. The first-order valence-corrected chi connectivity index (χ1v) is 5.03. The number of hydrogen-bond acceptors (Lipinski definition) is 1. The van der Waals surface area contributed by atoms with Gasteiger partial charge < -0.3 is 4.90 Å². The van der Waals surface area contributed by atoms with Gasteiger partial charge in [-0.3, -0.25) is 0 Å². The fraction of sp³-hybridized carbons (Fsp3) is 0.667. The Bertz CT molecular complexity index is 176. The minimum atomic E-state index is 0.807. The highest BCUT2D eigenvalue weighted by Crippen LogP contribution is 2.06. The molecule has 0 aliphatic heterocycles. The smallest absolute Gasteiger partial charge is 0.00556 e. The monoisotopic (exact) mass is 181 g/mol. The average molecular weight is 181 g/mol. The van der Waals surface area contributed by atoms with Crippen LogP contribution in [0.15, 0.2) is 23.9 Å². The summed E-state index contributed by atoms with van der Waals surface area (Å²) in [6, 6.07) is 0. The van der Waals surface area contributed by atoms with Crippen LogP contribution in [0.2, 0.25) is 0 Å². The van der Waals surface area contributed by atoms with Gasteiger partial charge in [-0.1, -0.05) is 25.5 Å². The van der Waals surface area contributed by atoms with Crippen LogP contribution in [0.25, 0.3) is 0 Å². The third kappa shape index (κ3) is 9.19. The summed E-state index contributed by atoms with van der Waals surface area (Å²) in [6.07, 6.45) is 9.02. The Balaban J connectivity index is 3.75. The van der Waals surface area contributed by atoms with Gasteiger partial charge in [0.25, 0.3) is 0 Å². The van der Waals surface area contributed by atoms with Crippen molar-refractivity contribution in [3.05, 3.63) is 23.9 Å². The molecule has 0 bridgehead atoms. The third-order valence-corrected chi connectivity index (χ3v) is 1.85. The molecule has 0 aromatic carbocycles. The molecule has 0 N–H and O–H groups in total. The average Bonchev–Trinajstić information content (AvgIpc) is 2.00. The zero-order valence-electron chi connectivity index (χ0n) is 9.67. The molecule has 1 nitrogen and oxygen atoms in total. The number of nitrogens with zero attached hydrogens (tertiary/aromatic N) is 1. The summed E-state index contributed by atoms with van der Waals surface area (Å²) in [5.74, 6) is 0.807. The lowest BCUT2D eigenvalue weighted by molar-refractivity contribution is 0.563. The highest BCUT2D eigenvalue weighted by Gasteiger charge is 1.90. The van der Waals surface area contributed by atoms with Gasteiger partial charge in [0, 0.05) is 14.1 Å². The molecule has 0 heterocycles. The second-order valence-corrected chi connectivity index (χ2v) is 4.20. The molecule has 0 unspecified atom stereocenters. The molecule has 0 rings (SSSR count). The maximum Gasteiger partial charge on any atom is 0.00556 e. The van der Waals surface area contributed by atoms with Gasteiger partial charge in [-0.05, 0) is 38.0 Å². The predicted octanol–water partition coefficient (Wildman–Crippen LogP) is 3.44. The number of allylic oxidation sites excluding steroid dienone is 3. The Hall–Kier alpha value is -0.720. The molecular weight excluding hydrogens is 158 g/mol. The standard InChI is InChI=1S/C12H23N/c1-11(2)7-6-8-12(3)9-10-13(4)5/h8-11H,6-7H2,1-5H3/b10-9+,12-8+. The first-order chi connectivity index (χ1) is 6.02. The van der Waals surface area contributed by atoms with Gasteiger partial charge in [0.15, 0.2) is 0 Å². The molecule has 0 saturated carbocycles. The van der Waals surface area contributed by atoms with Gasteiger partial charge in [0.1, 0.15) is 0 Å². The predicted molar refractivity (Wildman–Crippen MR) is 60.7 cm³/mol. The minimum absolute atomic E-state index is 0.807. The topological polar surface area (TPSA) is 3.24 Å². The Morgan fingerprint density at radius 1 is 1.31 bits per heavy atom. The van der Waals surface area contributed by atoms with E-state index >= 15 is 0 Å². The van der Waals surface area contributed by atoms with Crippen molar-refractivity contribution in [3.63, 3.8) is 0 Å². The quantitative estimate of drug-likeness (QED) is 0.587. The summed E-state index contributed by atoms with van der Waals surface area (Å²) in [5, 5.41) is 0. The van der Waals surface area contributed by atoms with Crippen molar-refractivity contribution in [3.8, 4) is 0 Å². The van der Waals surface area contributed by atoms with Crippen molar-refractivity contribution in [1.29, 1.82) is 0 Å². The largest absolute Gasteiger partial charge is 0.383 e. The molecule has 0 atom stereocenters. The number of rotatable bonds is 5. The van der Waals surface area contributed by atoms with E-state index < -0.39 is 0 Å². The Morgan fingerprint density at radius 3 is 2.38 bits per heavy atom. The molecule has 0 fully saturated rings. The first-order valence-electron chi connectivity index (χ1n) is 5.03. The van der Waals surface area contributed by atoms with Crippen molar-refractivity contribution in [2.24, 2.45) is 5.92 Å². The van der Waals surface area contributed by atoms with Gasteiger partial charge in [-0.2, -0.15) is 0 Å². The van der Waals surface area contributed by atoms with Crippen LogP contribution in [0.4, 0.5) is 0 Å². The summed E-state index contributed by atoms with van der Waals surface area (Å²) in [6.45, 7) is 6.68. The minimum Gasteiger partial charge on any atom is -0.383 e. The van der Waals surface area contributed by atoms with E-state index in [1.165, 1.54) is 18.4 Å². The Kier molecular flexibility index (Phi) is 6.38. The van der Waals surface area contributed by atoms with E-state index in [1.807, 2.05) is 14.1 Å². The molecule has 0 aromatic heterocycles. The summed E-state index contributed by atoms with van der Waals surface area (Å²) in [4.78, 5) is 2.06. The SMILES string of the molecule is CC(/C=C/N(C)C)=C\CCC(C)C. The zero-order chi connectivity index (χ0) is 10.3. The van der Waals surface area contributed by atoms with E-state index in [-0.39, 0.29) is 0 Å². The highest BCUT2D eigenvalue weighted by atomic mass is 15.0. The van der Waals surface area contributed by atoms with Gasteiger partial charge in [0.05, 0.1) is 0 Å². The molecule has 0 spiro atoms. The molecular formula is C12H23N. The maximum atomic E-state index is 2.31. The van der Waals surface area contributed by atoms with Crippen molar-refractivity contribution < 1.29 is 0 Å². The van der Waals surface area contributed by atoms with Crippen LogP contribution >= 0.6 is 0 Å². The van der Waals surface area contributed by atoms with E-state index in [1.54, 1.807) is 0 Å². The summed E-state index contributed by atoms with van der Waals surface area (Å²) < 4.78 is 0. The van der Waals surface area contributed by atoms with Crippen LogP contribution in [0.1, 0.15) is 33.6 Å². The third-order valence-electron chi connectivity index (χ3n) is 1.85. The maximum absolute atomic E-state index is 2.31. The molecule has 76 valence electrons. The fourth-order valence-corrected chi connectivity index (χ4v) is 0.979. The van der Waals surface area contributed by atoms with Crippen LogP contribution in [-0.2, 0) is 0 Å². The van der Waals surface area contributed by atoms with E-state index in [4.69, 9.17) is 0 Å². The van der Waals surface area contributed by atoms with E-state index in [2.05, 4.69) is 44.0 Å². The van der Waals surface area contributed by atoms with Crippen LogP contribution in [0.3, 0.4) is 0 Å². The lowest BCUT2D eigenvalue weighted by Crippen LogP contribution is -1.99. The zero-order valence-corrected chi connectivity index (χ0v) is 9.67. The van der Waals surface area contributed by atoms with Gasteiger partial charge in [-0.25, -0.2) is 0 Å². The van der Waals surface area contributed by atoms with Crippen LogP contribution < -0.4 is 0 Å². The van der Waals surface area contributed by atoms with Crippen molar-refractivity contribution in [2.45, 2.75) is 33.6 Å². The summed E-state index contributed by atoms with van der Waals surface area (Å²) in [5.41, 5.74) is 1.36. The lowest BCUT2D eigenvalue weighted by Gasteiger charge is -2.03. The molecule has 0 saturated heterocycles. The second-order valence-electron chi connectivity index (χ2n) is 4.20. The van der Waals surface area contributed by atoms with Crippen LogP contribution in [-0.4, -0.2) is 19.0 Å². The van der Waals surface area contributed by atoms with Crippen LogP contribution in [0.5, 0.6) is 0 Å². The molecule has 0 aromatic rings. The van der Waals surface area contributed by atoms with Crippen LogP contribution in [0, 0.1) is 5.92 Å². The van der Waals surface area contributed by atoms with E-state index in [9.17, 15) is 0 Å². The molecule has 1 heteroatoms. The van der Waals surface area contributed by atoms with Gasteiger partial charge in [0.2, 0.25) is 0 Å². The van der Waals surface area contributed by atoms with Crippen molar-refractivity contribution in [1.82, 2.24) is 4.90 Å². The molecule has 13 heavy (non-hydrogen) atoms. The van der Waals surface area contributed by atoms with Gasteiger partial charge >= 0.3 is 0 Å². The van der Waals surface area contributed by atoms with Gasteiger partial charge in [-0.15, -0.1) is 0 Å². The lowest BCUT2D eigenvalue weighted by atomic mass is 10.1. The normalized spacial score (nSPS) is 12.9. The summed E-state index contributed by atoms with van der Waals surface area (Å²) in [7, 11) is 4.08. The molecule has 0 aliphatic rings. The van der Waals surface area contributed by atoms with Crippen molar-refractivity contribution >= 4 is 0 Å². The molecule has 0 aliphatic carbocycles.